The molecule has 3 rings (SSSR count). The average Bonchev–Trinajstić information content (AvgIpc) is 3.03. The standard InChI is InChI=1S/C17H18FN3O3/c1-11-6-12(8-14(18)7-11)16(22)20-4-2-15(3-5-20)21-10-13(9-19-21)17(23)24/h6-10,15H,2-5H2,1H3,(H,23,24). The number of rotatable bonds is 3. The van der Waals surface area contributed by atoms with E-state index in [1.165, 1.54) is 24.5 Å². The number of hydrogen-bond acceptors (Lipinski definition) is 3. The molecule has 7 heteroatoms. The van der Waals surface area contributed by atoms with Crippen LogP contribution < -0.4 is 0 Å². The lowest BCUT2D eigenvalue weighted by molar-refractivity contribution is 0.0687. The number of likely N-dealkylation sites (tertiary alicyclic amines) is 1. The fourth-order valence-corrected chi connectivity index (χ4v) is 3.02. The van der Waals surface area contributed by atoms with E-state index in [-0.39, 0.29) is 17.5 Å². The molecule has 1 fully saturated rings. The lowest BCUT2D eigenvalue weighted by atomic mass is 10.0. The number of carbonyl (C=O) groups is 2. The zero-order valence-electron chi connectivity index (χ0n) is 13.3. The number of halogens is 1. The van der Waals surface area contributed by atoms with Crippen LogP contribution in [0, 0.1) is 12.7 Å². The second-order valence-corrected chi connectivity index (χ2v) is 6.05. The molecule has 6 nitrogen and oxygen atoms in total. The van der Waals surface area contributed by atoms with E-state index in [0.717, 1.165) is 0 Å². The van der Waals surface area contributed by atoms with Gasteiger partial charge in [0.05, 0.1) is 17.8 Å². The van der Waals surface area contributed by atoms with Gasteiger partial charge in [0, 0.05) is 24.8 Å². The maximum atomic E-state index is 13.5. The van der Waals surface area contributed by atoms with Crippen LogP contribution >= 0.6 is 0 Å². The van der Waals surface area contributed by atoms with Gasteiger partial charge in [-0.3, -0.25) is 9.48 Å². The number of hydrogen-bond donors (Lipinski definition) is 1. The molecule has 1 N–H and O–H groups in total. The van der Waals surface area contributed by atoms with Crippen molar-refractivity contribution in [2.45, 2.75) is 25.8 Å². The smallest absolute Gasteiger partial charge is 0.338 e. The van der Waals surface area contributed by atoms with E-state index in [0.29, 0.717) is 37.1 Å². The highest BCUT2D eigenvalue weighted by molar-refractivity contribution is 5.94. The molecule has 0 spiro atoms. The van der Waals surface area contributed by atoms with Gasteiger partial charge in [-0.15, -0.1) is 0 Å². The van der Waals surface area contributed by atoms with Gasteiger partial charge >= 0.3 is 5.97 Å². The van der Waals surface area contributed by atoms with Crippen molar-refractivity contribution < 1.29 is 19.1 Å². The van der Waals surface area contributed by atoms with Crippen LogP contribution in [0.15, 0.2) is 30.6 Å². The molecule has 1 aromatic heterocycles. The molecule has 1 amide bonds. The Morgan fingerprint density at radius 2 is 1.92 bits per heavy atom. The van der Waals surface area contributed by atoms with E-state index < -0.39 is 11.8 Å². The molecule has 0 unspecified atom stereocenters. The molecule has 1 aromatic carbocycles. The molecule has 2 heterocycles. The van der Waals surface area contributed by atoms with Gasteiger partial charge in [-0.25, -0.2) is 9.18 Å². The fourth-order valence-electron chi connectivity index (χ4n) is 3.02. The molecule has 0 radical (unpaired) electrons. The average molecular weight is 331 g/mol. The summed E-state index contributed by atoms with van der Waals surface area (Å²) in [6.45, 7) is 2.81. The van der Waals surface area contributed by atoms with Crippen molar-refractivity contribution in [2.75, 3.05) is 13.1 Å². The molecule has 1 aliphatic rings. The van der Waals surface area contributed by atoms with E-state index in [1.54, 1.807) is 22.6 Å². The van der Waals surface area contributed by atoms with Crippen LogP contribution in [0.4, 0.5) is 4.39 Å². The third-order valence-electron chi connectivity index (χ3n) is 4.26. The highest BCUT2D eigenvalue weighted by Crippen LogP contribution is 2.23. The summed E-state index contributed by atoms with van der Waals surface area (Å²) in [5.41, 5.74) is 1.23. The Morgan fingerprint density at radius 3 is 2.50 bits per heavy atom. The van der Waals surface area contributed by atoms with Crippen molar-refractivity contribution in [2.24, 2.45) is 0 Å². The van der Waals surface area contributed by atoms with Crippen LogP contribution in [0.5, 0.6) is 0 Å². The summed E-state index contributed by atoms with van der Waals surface area (Å²) in [5.74, 6) is -1.59. The maximum Gasteiger partial charge on any atom is 0.338 e. The van der Waals surface area contributed by atoms with E-state index in [4.69, 9.17) is 5.11 Å². The number of nitrogens with zero attached hydrogens (tertiary/aromatic N) is 3. The molecule has 1 saturated heterocycles. The number of benzene rings is 1. The van der Waals surface area contributed by atoms with E-state index in [9.17, 15) is 14.0 Å². The van der Waals surface area contributed by atoms with Crippen LogP contribution in [-0.4, -0.2) is 44.8 Å². The van der Waals surface area contributed by atoms with Crippen LogP contribution in [0.25, 0.3) is 0 Å². The maximum absolute atomic E-state index is 13.5. The minimum atomic E-state index is -1.00. The number of carbonyl (C=O) groups excluding carboxylic acids is 1. The largest absolute Gasteiger partial charge is 0.478 e. The van der Waals surface area contributed by atoms with Gasteiger partial charge in [-0.2, -0.15) is 5.10 Å². The Morgan fingerprint density at radius 1 is 1.21 bits per heavy atom. The van der Waals surface area contributed by atoms with Gasteiger partial charge in [0.2, 0.25) is 0 Å². The Labute approximate surface area is 138 Å². The molecule has 1 aliphatic heterocycles. The second kappa shape index (κ2) is 6.43. The zero-order valence-corrected chi connectivity index (χ0v) is 13.3. The summed E-state index contributed by atoms with van der Waals surface area (Å²) in [5, 5.41) is 13.0. The lowest BCUT2D eigenvalue weighted by Gasteiger charge is -2.32. The minimum Gasteiger partial charge on any atom is -0.478 e. The van der Waals surface area contributed by atoms with Gasteiger partial charge < -0.3 is 10.0 Å². The number of carboxylic acid groups (broad SMARTS) is 1. The topological polar surface area (TPSA) is 75.4 Å². The van der Waals surface area contributed by atoms with Gasteiger partial charge in [0.1, 0.15) is 5.82 Å². The van der Waals surface area contributed by atoms with E-state index in [2.05, 4.69) is 5.10 Å². The van der Waals surface area contributed by atoms with Gasteiger partial charge in [-0.05, 0) is 43.5 Å². The number of carboxylic acids is 1. The summed E-state index contributed by atoms with van der Waals surface area (Å²) in [6, 6.07) is 4.40. The molecular weight excluding hydrogens is 313 g/mol. The molecule has 0 atom stereocenters. The summed E-state index contributed by atoms with van der Waals surface area (Å²) in [4.78, 5) is 25.1. The minimum absolute atomic E-state index is 0.0661. The Bertz CT molecular complexity index is 759. The molecule has 0 saturated carbocycles. The third kappa shape index (κ3) is 3.29. The molecule has 0 aliphatic carbocycles. The van der Waals surface area contributed by atoms with E-state index >= 15 is 0 Å². The quantitative estimate of drug-likeness (QED) is 0.938. The molecule has 126 valence electrons. The summed E-state index contributed by atoms with van der Waals surface area (Å²) >= 11 is 0. The molecule has 2 aromatic rings. The molecule has 0 bridgehead atoms. The van der Waals surface area contributed by atoms with Crippen molar-refractivity contribution in [3.63, 3.8) is 0 Å². The van der Waals surface area contributed by atoms with Crippen LogP contribution in [0.3, 0.4) is 0 Å². The Hall–Kier alpha value is -2.70. The SMILES string of the molecule is Cc1cc(F)cc(C(=O)N2CCC(n3cc(C(=O)O)cn3)CC2)c1. The van der Waals surface area contributed by atoms with Crippen LogP contribution in [0.2, 0.25) is 0 Å². The zero-order chi connectivity index (χ0) is 17.3. The van der Waals surface area contributed by atoms with Crippen molar-refractivity contribution in [1.29, 1.82) is 0 Å². The number of aromatic carboxylic acids is 1. The predicted molar refractivity (Wildman–Crippen MR) is 84.5 cm³/mol. The van der Waals surface area contributed by atoms with Crippen LogP contribution in [-0.2, 0) is 0 Å². The second-order valence-electron chi connectivity index (χ2n) is 6.05. The fraction of sp³-hybridized carbons (Fsp3) is 0.353. The van der Waals surface area contributed by atoms with Crippen molar-refractivity contribution in [3.05, 3.63) is 53.1 Å². The number of piperidine rings is 1. The first-order chi connectivity index (χ1) is 11.4. The van der Waals surface area contributed by atoms with Gasteiger partial charge in [-0.1, -0.05) is 0 Å². The van der Waals surface area contributed by atoms with Crippen molar-refractivity contribution >= 4 is 11.9 Å². The monoisotopic (exact) mass is 331 g/mol. The van der Waals surface area contributed by atoms with Gasteiger partial charge in [0.25, 0.3) is 5.91 Å². The highest BCUT2D eigenvalue weighted by atomic mass is 19.1. The predicted octanol–water partition coefficient (Wildman–Crippen LogP) is 2.51. The first-order valence-electron chi connectivity index (χ1n) is 7.78. The molecular formula is C17H18FN3O3. The Balaban J connectivity index is 1.65. The summed E-state index contributed by atoms with van der Waals surface area (Å²) in [6.07, 6.45) is 4.21. The van der Waals surface area contributed by atoms with Crippen molar-refractivity contribution in [3.8, 4) is 0 Å². The van der Waals surface area contributed by atoms with Crippen molar-refractivity contribution in [1.82, 2.24) is 14.7 Å². The highest BCUT2D eigenvalue weighted by Gasteiger charge is 2.25. The third-order valence-corrected chi connectivity index (χ3v) is 4.26. The molecule has 24 heavy (non-hydrogen) atoms. The number of amides is 1. The Kier molecular flexibility index (Phi) is 4.33. The normalized spacial score (nSPS) is 15.5. The van der Waals surface area contributed by atoms with Gasteiger partial charge in [0.15, 0.2) is 0 Å². The van der Waals surface area contributed by atoms with E-state index in [1.807, 2.05) is 0 Å². The number of aromatic nitrogens is 2. The lowest BCUT2D eigenvalue weighted by Crippen LogP contribution is -2.39. The first kappa shape index (κ1) is 16.2. The first-order valence-corrected chi connectivity index (χ1v) is 7.78. The van der Waals surface area contributed by atoms with Crippen LogP contribution in [0.1, 0.15) is 45.2 Å². The summed E-state index contributed by atoms with van der Waals surface area (Å²) in [7, 11) is 0. The summed E-state index contributed by atoms with van der Waals surface area (Å²) < 4.78 is 15.1. The number of aryl methyl sites for hydroxylation is 1.